The molecule has 6 nitrogen and oxygen atoms in total. The Morgan fingerprint density at radius 3 is 2.83 bits per heavy atom. The first-order chi connectivity index (χ1) is 11.1. The molecule has 1 saturated heterocycles. The summed E-state index contributed by atoms with van der Waals surface area (Å²) in [7, 11) is 1.42. The molecule has 0 saturated carbocycles. The van der Waals surface area contributed by atoms with E-state index >= 15 is 0 Å². The first-order valence-corrected chi connectivity index (χ1v) is 7.69. The topological polar surface area (TPSA) is 84.1 Å². The van der Waals surface area contributed by atoms with Crippen LogP contribution in [0.25, 0.3) is 11.0 Å². The molecular weight excluding hydrogens is 362 g/mol. The molecule has 0 spiro atoms. The van der Waals surface area contributed by atoms with Gasteiger partial charge in [0.25, 0.3) is 5.56 Å². The van der Waals surface area contributed by atoms with Crippen molar-refractivity contribution < 1.29 is 9.53 Å². The Balaban J connectivity index is 0.000000215. The molecule has 0 unspecified atom stereocenters. The van der Waals surface area contributed by atoms with Gasteiger partial charge in [0.05, 0.1) is 11.6 Å². The third-order valence-electron chi connectivity index (χ3n) is 3.12. The number of halogens is 1. The molecule has 1 fully saturated rings. The van der Waals surface area contributed by atoms with Gasteiger partial charge in [0.2, 0.25) is 0 Å². The minimum atomic E-state index is -0.152. The number of rotatable bonds is 1. The second kappa shape index (κ2) is 9.77. The maximum absolute atomic E-state index is 11.1. The largest absolute Gasteiger partial charge is 0.468 e. The average molecular weight is 380 g/mol. The van der Waals surface area contributed by atoms with Gasteiger partial charge in [0, 0.05) is 11.6 Å². The van der Waals surface area contributed by atoms with Crippen molar-refractivity contribution in [2.45, 2.75) is 18.9 Å². The zero-order chi connectivity index (χ0) is 17.2. The highest BCUT2D eigenvalue weighted by atomic mass is 79.9. The zero-order valence-corrected chi connectivity index (χ0v) is 14.3. The van der Waals surface area contributed by atoms with Crippen LogP contribution < -0.4 is 10.9 Å². The maximum atomic E-state index is 11.1. The number of ether oxygens (including phenoxy) is 1. The van der Waals surface area contributed by atoms with E-state index in [1.807, 2.05) is 12.1 Å². The molecular formula is C16H18BrN3O3. The van der Waals surface area contributed by atoms with Gasteiger partial charge in [0.15, 0.2) is 0 Å². The summed E-state index contributed by atoms with van der Waals surface area (Å²) in [5.74, 6) is -0.132. The van der Waals surface area contributed by atoms with Crippen LogP contribution in [0.15, 0.2) is 33.7 Å². The lowest BCUT2D eigenvalue weighted by Gasteiger charge is -2.04. The van der Waals surface area contributed by atoms with Gasteiger partial charge in [-0.25, -0.2) is 4.98 Å². The Morgan fingerprint density at radius 2 is 2.22 bits per heavy atom. The van der Waals surface area contributed by atoms with E-state index in [1.54, 1.807) is 12.3 Å². The van der Waals surface area contributed by atoms with Crippen molar-refractivity contribution in [1.82, 2.24) is 15.3 Å². The minimum Gasteiger partial charge on any atom is -0.468 e. The molecule has 0 bridgehead atoms. The fourth-order valence-corrected chi connectivity index (χ4v) is 2.38. The number of terminal acetylenes is 1. The van der Waals surface area contributed by atoms with E-state index in [4.69, 9.17) is 0 Å². The summed E-state index contributed by atoms with van der Waals surface area (Å²) in [6, 6.07) is 5.44. The van der Waals surface area contributed by atoms with Crippen LogP contribution >= 0.6 is 15.9 Å². The van der Waals surface area contributed by atoms with Crippen LogP contribution in [0, 0.1) is 12.8 Å². The van der Waals surface area contributed by atoms with Crippen molar-refractivity contribution in [1.29, 1.82) is 0 Å². The molecule has 7 heteroatoms. The SMILES string of the molecule is C#C.COC(=O)[C@@H]1CCCN1.O=c1[nH]c2ncccc2cc1Br. The quantitative estimate of drug-likeness (QED) is 0.583. The van der Waals surface area contributed by atoms with Crippen molar-refractivity contribution >= 4 is 32.9 Å². The number of carbonyl (C=O) groups is 1. The van der Waals surface area contributed by atoms with Crippen molar-refractivity contribution in [2.24, 2.45) is 0 Å². The standard InChI is InChI=1S/C8H5BrN2O.C6H11NO2.C2H2/c9-6-4-5-2-1-3-10-7(5)11-8(6)12;1-9-6(8)5-3-2-4-7-5;1-2/h1-4H,(H,10,11,12);5,7H,2-4H2,1H3;1-2H/t;5-;/m.0./s1. The van der Waals surface area contributed by atoms with E-state index < -0.39 is 0 Å². The highest BCUT2D eigenvalue weighted by Crippen LogP contribution is 2.10. The first kappa shape index (κ1) is 18.9. The first-order valence-electron chi connectivity index (χ1n) is 6.90. The van der Waals surface area contributed by atoms with Gasteiger partial charge in [-0.05, 0) is 53.5 Å². The van der Waals surface area contributed by atoms with Gasteiger partial charge in [-0.15, -0.1) is 12.8 Å². The lowest BCUT2D eigenvalue weighted by molar-refractivity contribution is -0.142. The number of nitrogens with zero attached hydrogens (tertiary/aromatic N) is 1. The van der Waals surface area contributed by atoms with E-state index in [0.29, 0.717) is 10.1 Å². The number of H-pyrrole nitrogens is 1. The summed E-state index contributed by atoms with van der Waals surface area (Å²) < 4.78 is 5.06. The third kappa shape index (κ3) is 5.51. The summed E-state index contributed by atoms with van der Waals surface area (Å²) in [4.78, 5) is 28.5. The van der Waals surface area contributed by atoms with E-state index in [2.05, 4.69) is 48.8 Å². The molecule has 0 aliphatic carbocycles. The number of hydrogen-bond acceptors (Lipinski definition) is 5. The Bertz CT molecular complexity index is 721. The third-order valence-corrected chi connectivity index (χ3v) is 3.71. The van der Waals surface area contributed by atoms with E-state index in [9.17, 15) is 9.59 Å². The molecule has 2 aromatic heterocycles. The molecule has 1 aliphatic heterocycles. The number of fused-ring (bicyclic) bond motifs is 1. The molecule has 3 rings (SSSR count). The van der Waals surface area contributed by atoms with Gasteiger partial charge in [-0.2, -0.15) is 0 Å². The van der Waals surface area contributed by atoms with Crippen LogP contribution in [-0.2, 0) is 9.53 Å². The summed E-state index contributed by atoms with van der Waals surface area (Å²) >= 11 is 3.14. The van der Waals surface area contributed by atoms with Crippen LogP contribution in [0.1, 0.15) is 12.8 Å². The monoisotopic (exact) mass is 379 g/mol. The highest BCUT2D eigenvalue weighted by Gasteiger charge is 2.21. The van der Waals surface area contributed by atoms with E-state index in [1.165, 1.54) is 7.11 Å². The maximum Gasteiger partial charge on any atom is 0.322 e. The number of aromatic amines is 1. The van der Waals surface area contributed by atoms with Gasteiger partial charge in [-0.3, -0.25) is 9.59 Å². The van der Waals surface area contributed by atoms with Gasteiger partial charge >= 0.3 is 5.97 Å². The zero-order valence-electron chi connectivity index (χ0n) is 12.7. The molecule has 0 radical (unpaired) electrons. The molecule has 1 aliphatic rings. The Hall–Kier alpha value is -2.17. The fraction of sp³-hybridized carbons (Fsp3) is 0.312. The van der Waals surface area contributed by atoms with Crippen molar-refractivity contribution in [2.75, 3.05) is 13.7 Å². The molecule has 0 amide bonds. The number of pyridine rings is 2. The van der Waals surface area contributed by atoms with Crippen LogP contribution in [-0.4, -0.2) is 35.6 Å². The molecule has 23 heavy (non-hydrogen) atoms. The molecule has 0 aromatic carbocycles. The lowest BCUT2D eigenvalue weighted by atomic mass is 10.2. The van der Waals surface area contributed by atoms with Crippen LogP contribution in [0.4, 0.5) is 0 Å². The summed E-state index contributed by atoms with van der Waals surface area (Å²) in [6.07, 6.45) is 11.7. The number of hydrogen-bond donors (Lipinski definition) is 2. The number of methoxy groups -OCH3 is 1. The van der Waals surface area contributed by atoms with Gasteiger partial charge in [-0.1, -0.05) is 0 Å². The number of esters is 1. The number of aromatic nitrogens is 2. The molecule has 1 atom stereocenters. The average Bonchev–Trinajstić information content (AvgIpc) is 3.12. The minimum absolute atomic E-state index is 0.0324. The van der Waals surface area contributed by atoms with Crippen molar-refractivity contribution in [3.63, 3.8) is 0 Å². The second-order valence-corrected chi connectivity index (χ2v) is 5.41. The number of carbonyl (C=O) groups excluding carboxylic acids is 1. The fourth-order valence-electron chi connectivity index (χ4n) is 2.04. The van der Waals surface area contributed by atoms with Crippen LogP contribution in [0.3, 0.4) is 0 Å². The lowest BCUT2D eigenvalue weighted by Crippen LogP contribution is -2.31. The Labute approximate surface area is 142 Å². The van der Waals surface area contributed by atoms with Crippen molar-refractivity contribution in [3.05, 3.63) is 39.2 Å². The van der Waals surface area contributed by atoms with Crippen LogP contribution in [0.5, 0.6) is 0 Å². The predicted molar refractivity (Wildman–Crippen MR) is 93.0 cm³/mol. The normalized spacial score (nSPS) is 15.7. The molecule has 122 valence electrons. The Morgan fingerprint density at radius 1 is 1.48 bits per heavy atom. The van der Waals surface area contributed by atoms with E-state index in [-0.39, 0.29) is 17.6 Å². The predicted octanol–water partition coefficient (Wildman–Crippen LogP) is 1.85. The highest BCUT2D eigenvalue weighted by molar-refractivity contribution is 9.10. The molecule has 3 heterocycles. The van der Waals surface area contributed by atoms with E-state index in [0.717, 1.165) is 24.8 Å². The molecule has 2 N–H and O–H groups in total. The number of nitrogens with one attached hydrogen (secondary N) is 2. The summed E-state index contributed by atoms with van der Waals surface area (Å²) in [5.41, 5.74) is 0.465. The summed E-state index contributed by atoms with van der Waals surface area (Å²) in [5, 5.41) is 3.95. The second-order valence-electron chi connectivity index (χ2n) is 4.56. The Kier molecular flexibility index (Phi) is 8.02. The van der Waals surface area contributed by atoms with Gasteiger partial charge in [0.1, 0.15) is 11.7 Å². The van der Waals surface area contributed by atoms with Gasteiger partial charge < -0.3 is 15.0 Å². The van der Waals surface area contributed by atoms with Crippen LogP contribution in [0.2, 0.25) is 0 Å². The smallest absolute Gasteiger partial charge is 0.322 e. The molecule has 2 aromatic rings. The summed E-state index contributed by atoms with van der Waals surface area (Å²) in [6.45, 7) is 0.944. The van der Waals surface area contributed by atoms with Crippen molar-refractivity contribution in [3.8, 4) is 12.8 Å².